The van der Waals surface area contributed by atoms with E-state index in [2.05, 4.69) is 5.32 Å². The van der Waals surface area contributed by atoms with E-state index in [4.69, 9.17) is 27.9 Å². The Hall–Kier alpha value is -0.520. The molecule has 0 spiro atoms. The Labute approximate surface area is 133 Å². The first-order valence-corrected chi connectivity index (χ1v) is 6.72. The highest BCUT2D eigenvalue weighted by Crippen LogP contribution is 2.31. The lowest BCUT2D eigenvalue weighted by Gasteiger charge is -2.22. The van der Waals surface area contributed by atoms with Gasteiger partial charge in [0.25, 0.3) is 0 Å². The van der Waals surface area contributed by atoms with E-state index in [1.54, 1.807) is 18.2 Å². The molecule has 1 aliphatic heterocycles. The van der Waals surface area contributed by atoms with Gasteiger partial charge in [0, 0.05) is 12.6 Å². The SMILES string of the molecule is COC(=O)[C@H](c1ccc(Cl)c(Cl)c1)[C@@H]1C[C@@H](O)CN1.Cl. The van der Waals surface area contributed by atoms with Crippen molar-refractivity contribution in [2.45, 2.75) is 24.5 Å². The molecule has 1 heterocycles. The number of β-amino-alcohol motifs (C(OH)–C–C–N with tert-alkyl or cyclic N) is 1. The van der Waals surface area contributed by atoms with Crippen LogP contribution in [0.2, 0.25) is 10.0 Å². The molecule has 1 fully saturated rings. The third kappa shape index (κ3) is 3.77. The van der Waals surface area contributed by atoms with E-state index in [9.17, 15) is 9.90 Å². The molecule has 0 bridgehead atoms. The highest BCUT2D eigenvalue weighted by Gasteiger charge is 2.36. The van der Waals surface area contributed by atoms with Crippen molar-refractivity contribution in [1.29, 1.82) is 0 Å². The summed E-state index contributed by atoms with van der Waals surface area (Å²) in [6.07, 6.45) is 0.0555. The number of nitrogens with one attached hydrogen (secondary N) is 1. The van der Waals surface area contributed by atoms with Crippen LogP contribution >= 0.6 is 35.6 Å². The zero-order valence-corrected chi connectivity index (χ0v) is 13.1. The molecule has 2 rings (SSSR count). The van der Waals surface area contributed by atoms with Gasteiger partial charge in [-0.1, -0.05) is 29.3 Å². The van der Waals surface area contributed by atoms with E-state index in [1.165, 1.54) is 7.11 Å². The van der Waals surface area contributed by atoms with Crippen molar-refractivity contribution >= 4 is 41.6 Å². The second-order valence-corrected chi connectivity index (χ2v) is 5.39. The Morgan fingerprint density at radius 1 is 1.45 bits per heavy atom. The fourth-order valence-corrected chi connectivity index (χ4v) is 2.67. The molecular formula is C13H16Cl3NO3. The Bertz CT molecular complexity index is 484. The first kappa shape index (κ1) is 17.5. The Balaban J connectivity index is 0.00000200. The molecule has 0 saturated carbocycles. The largest absolute Gasteiger partial charge is 0.469 e. The van der Waals surface area contributed by atoms with Gasteiger partial charge in [0.1, 0.15) is 0 Å². The van der Waals surface area contributed by atoms with E-state index in [0.717, 1.165) is 5.56 Å². The van der Waals surface area contributed by atoms with Crippen LogP contribution in [0.5, 0.6) is 0 Å². The number of hydrogen-bond acceptors (Lipinski definition) is 4. The summed E-state index contributed by atoms with van der Waals surface area (Å²) in [5.41, 5.74) is 0.729. The molecule has 0 unspecified atom stereocenters. The summed E-state index contributed by atoms with van der Waals surface area (Å²) in [6.45, 7) is 0.472. The molecule has 112 valence electrons. The number of rotatable bonds is 3. The number of benzene rings is 1. The lowest BCUT2D eigenvalue weighted by Crippen LogP contribution is -2.34. The van der Waals surface area contributed by atoms with Crippen LogP contribution in [0, 0.1) is 0 Å². The number of esters is 1. The minimum Gasteiger partial charge on any atom is -0.469 e. The number of hydrogen-bond donors (Lipinski definition) is 2. The molecule has 0 aromatic heterocycles. The molecule has 20 heavy (non-hydrogen) atoms. The molecule has 2 N–H and O–H groups in total. The molecule has 1 aliphatic rings. The highest BCUT2D eigenvalue weighted by atomic mass is 35.5. The summed E-state index contributed by atoms with van der Waals surface area (Å²) in [5.74, 6) is -0.859. The molecule has 1 saturated heterocycles. The number of aliphatic hydroxyl groups is 1. The summed E-state index contributed by atoms with van der Waals surface area (Å²) < 4.78 is 4.85. The van der Waals surface area contributed by atoms with E-state index in [0.29, 0.717) is 23.0 Å². The number of aliphatic hydroxyl groups excluding tert-OH is 1. The van der Waals surface area contributed by atoms with Crippen LogP contribution in [-0.4, -0.2) is 36.9 Å². The first-order valence-electron chi connectivity index (χ1n) is 5.97. The number of methoxy groups -OCH3 is 1. The summed E-state index contributed by atoms with van der Waals surface area (Å²) in [5, 5.41) is 13.5. The summed E-state index contributed by atoms with van der Waals surface area (Å²) in [4.78, 5) is 12.0. The predicted octanol–water partition coefficient (Wildman–Crippen LogP) is 2.39. The Morgan fingerprint density at radius 2 is 2.15 bits per heavy atom. The number of carbonyl (C=O) groups excluding carboxylic acids is 1. The van der Waals surface area contributed by atoms with Crippen molar-refractivity contribution in [2.75, 3.05) is 13.7 Å². The van der Waals surface area contributed by atoms with Crippen molar-refractivity contribution in [3.63, 3.8) is 0 Å². The van der Waals surface area contributed by atoms with Crippen molar-refractivity contribution in [2.24, 2.45) is 0 Å². The van der Waals surface area contributed by atoms with E-state index >= 15 is 0 Å². The van der Waals surface area contributed by atoms with Gasteiger partial charge < -0.3 is 15.2 Å². The predicted molar refractivity (Wildman–Crippen MR) is 80.9 cm³/mol. The molecule has 3 atom stereocenters. The summed E-state index contributed by atoms with van der Waals surface area (Å²) in [7, 11) is 1.35. The smallest absolute Gasteiger partial charge is 0.314 e. The van der Waals surface area contributed by atoms with Gasteiger partial charge in [-0.25, -0.2) is 0 Å². The molecule has 0 amide bonds. The van der Waals surface area contributed by atoms with Crippen molar-refractivity contribution < 1.29 is 14.6 Å². The van der Waals surface area contributed by atoms with Gasteiger partial charge in [0.15, 0.2) is 0 Å². The number of halogens is 3. The maximum atomic E-state index is 12.0. The van der Waals surface area contributed by atoms with Gasteiger partial charge in [-0.2, -0.15) is 0 Å². The molecule has 1 aromatic rings. The fraction of sp³-hybridized carbons (Fsp3) is 0.462. The topological polar surface area (TPSA) is 58.6 Å². The molecule has 0 radical (unpaired) electrons. The van der Waals surface area contributed by atoms with Crippen LogP contribution in [0.15, 0.2) is 18.2 Å². The first-order chi connectivity index (χ1) is 9.02. The summed E-state index contributed by atoms with van der Waals surface area (Å²) >= 11 is 11.9. The van der Waals surface area contributed by atoms with E-state index in [-0.39, 0.29) is 24.4 Å². The quantitative estimate of drug-likeness (QED) is 0.830. The molecule has 0 aliphatic carbocycles. The van der Waals surface area contributed by atoms with Gasteiger partial charge in [-0.3, -0.25) is 4.79 Å². The standard InChI is InChI=1S/C13H15Cl2NO3.ClH/c1-19-13(18)12(11-5-8(17)6-16-11)7-2-3-9(14)10(15)4-7;/h2-4,8,11-12,16-17H,5-6H2,1H3;1H/t8-,11+,12-;/m1./s1. The highest BCUT2D eigenvalue weighted by molar-refractivity contribution is 6.42. The van der Waals surface area contributed by atoms with Crippen LogP contribution in [0.4, 0.5) is 0 Å². The van der Waals surface area contributed by atoms with Crippen molar-refractivity contribution in [3.05, 3.63) is 33.8 Å². The maximum absolute atomic E-state index is 12.0. The van der Waals surface area contributed by atoms with Gasteiger partial charge in [0.05, 0.1) is 29.2 Å². The lowest BCUT2D eigenvalue weighted by molar-refractivity contribution is -0.143. The fourth-order valence-electron chi connectivity index (χ4n) is 2.37. The molecular weight excluding hydrogens is 325 g/mol. The second-order valence-electron chi connectivity index (χ2n) is 4.58. The monoisotopic (exact) mass is 339 g/mol. The Morgan fingerprint density at radius 3 is 2.65 bits per heavy atom. The minimum atomic E-state index is -0.503. The Kier molecular flexibility index (Phi) is 6.55. The van der Waals surface area contributed by atoms with Crippen LogP contribution in [0.3, 0.4) is 0 Å². The number of ether oxygens (including phenoxy) is 1. The van der Waals surface area contributed by atoms with Gasteiger partial charge in [0.2, 0.25) is 0 Å². The third-order valence-corrected chi connectivity index (χ3v) is 4.04. The molecule has 1 aromatic carbocycles. The second kappa shape index (κ2) is 7.48. The number of carbonyl (C=O) groups is 1. The summed E-state index contributed by atoms with van der Waals surface area (Å²) in [6, 6.07) is 4.90. The van der Waals surface area contributed by atoms with E-state index in [1.807, 2.05) is 0 Å². The zero-order valence-electron chi connectivity index (χ0n) is 10.8. The van der Waals surface area contributed by atoms with Crippen molar-refractivity contribution in [1.82, 2.24) is 5.32 Å². The van der Waals surface area contributed by atoms with Gasteiger partial charge >= 0.3 is 5.97 Å². The van der Waals surface area contributed by atoms with Crippen LogP contribution in [-0.2, 0) is 9.53 Å². The average molecular weight is 341 g/mol. The van der Waals surface area contributed by atoms with Gasteiger partial charge in [-0.05, 0) is 24.1 Å². The zero-order chi connectivity index (χ0) is 14.0. The van der Waals surface area contributed by atoms with Gasteiger partial charge in [-0.15, -0.1) is 12.4 Å². The molecule has 7 heteroatoms. The van der Waals surface area contributed by atoms with Crippen LogP contribution < -0.4 is 5.32 Å². The van der Waals surface area contributed by atoms with Crippen LogP contribution in [0.1, 0.15) is 17.9 Å². The lowest BCUT2D eigenvalue weighted by atomic mass is 9.90. The maximum Gasteiger partial charge on any atom is 0.314 e. The normalized spacial score (nSPS) is 23.0. The third-order valence-electron chi connectivity index (χ3n) is 3.30. The average Bonchev–Trinajstić information content (AvgIpc) is 2.80. The van der Waals surface area contributed by atoms with Crippen LogP contribution in [0.25, 0.3) is 0 Å². The van der Waals surface area contributed by atoms with Crippen molar-refractivity contribution in [3.8, 4) is 0 Å². The van der Waals surface area contributed by atoms with E-state index < -0.39 is 12.0 Å². The molecule has 4 nitrogen and oxygen atoms in total. The minimum absolute atomic E-state index is 0.